The van der Waals surface area contributed by atoms with Gasteiger partial charge < -0.3 is 19.9 Å². The Hall–Kier alpha value is -1.95. The average Bonchev–Trinajstić information content (AvgIpc) is 2.70. The Morgan fingerprint density at radius 1 is 1.11 bits per heavy atom. The predicted molar refractivity (Wildman–Crippen MR) is 110 cm³/mol. The summed E-state index contributed by atoms with van der Waals surface area (Å²) in [6.07, 6.45) is 0. The molecule has 0 bridgehead atoms. The van der Waals surface area contributed by atoms with Crippen molar-refractivity contribution in [1.29, 1.82) is 0 Å². The van der Waals surface area contributed by atoms with Crippen LogP contribution in [0.4, 0.5) is 11.4 Å². The number of amides is 1. The van der Waals surface area contributed by atoms with E-state index < -0.39 is 0 Å². The molecule has 0 spiro atoms. The summed E-state index contributed by atoms with van der Waals surface area (Å²) in [7, 11) is 1.69. The summed E-state index contributed by atoms with van der Waals surface area (Å²) < 4.78 is 5.46. The fourth-order valence-electron chi connectivity index (χ4n) is 3.39. The summed E-state index contributed by atoms with van der Waals surface area (Å²) in [4.78, 5) is 16.2. The van der Waals surface area contributed by atoms with Gasteiger partial charge in [-0.3, -0.25) is 4.79 Å². The fourth-order valence-corrected chi connectivity index (χ4v) is 3.88. The van der Waals surface area contributed by atoms with E-state index in [0.717, 1.165) is 37.6 Å². The molecule has 1 atom stereocenters. The first-order valence-corrected chi connectivity index (χ1v) is 9.74. The Balaban J connectivity index is 1.61. The van der Waals surface area contributed by atoms with E-state index in [1.807, 2.05) is 25.1 Å². The van der Waals surface area contributed by atoms with Gasteiger partial charge in [0, 0.05) is 0 Å². The van der Waals surface area contributed by atoms with Crippen molar-refractivity contribution in [2.45, 2.75) is 13.0 Å². The number of ether oxygens (including phenoxy) is 1. The van der Waals surface area contributed by atoms with E-state index in [1.54, 1.807) is 25.3 Å². The number of halogens is 2. The van der Waals surface area contributed by atoms with E-state index in [4.69, 9.17) is 27.9 Å². The molecule has 5 nitrogen and oxygen atoms in total. The summed E-state index contributed by atoms with van der Waals surface area (Å²) in [6.45, 7) is 5.39. The molecule has 1 aliphatic heterocycles. The van der Waals surface area contributed by atoms with Crippen molar-refractivity contribution >= 4 is 40.5 Å². The van der Waals surface area contributed by atoms with Crippen molar-refractivity contribution < 1.29 is 14.4 Å². The maximum atomic E-state index is 12.7. The van der Waals surface area contributed by atoms with Crippen LogP contribution in [0.15, 0.2) is 42.5 Å². The molecule has 0 unspecified atom stereocenters. The van der Waals surface area contributed by atoms with E-state index in [9.17, 15) is 4.79 Å². The van der Waals surface area contributed by atoms with Gasteiger partial charge in [-0.1, -0.05) is 41.4 Å². The lowest BCUT2D eigenvalue weighted by Gasteiger charge is -2.36. The number of hydrogen-bond acceptors (Lipinski definition) is 3. The Bertz CT molecular complexity index is 787. The third-order valence-corrected chi connectivity index (χ3v) is 5.68. The Morgan fingerprint density at radius 2 is 1.74 bits per heavy atom. The molecule has 0 aromatic heterocycles. The highest BCUT2D eigenvalue weighted by Gasteiger charge is 2.30. The van der Waals surface area contributed by atoms with Gasteiger partial charge in [0.05, 0.1) is 54.7 Å². The second kappa shape index (κ2) is 8.83. The topological polar surface area (TPSA) is 46.0 Å². The number of hydrogen-bond donors (Lipinski definition) is 2. The molecule has 144 valence electrons. The van der Waals surface area contributed by atoms with Gasteiger partial charge in [0.1, 0.15) is 5.75 Å². The molecule has 3 rings (SSSR count). The molecule has 1 heterocycles. The van der Waals surface area contributed by atoms with Crippen LogP contribution >= 0.6 is 23.2 Å². The van der Waals surface area contributed by atoms with E-state index >= 15 is 0 Å². The van der Waals surface area contributed by atoms with Crippen molar-refractivity contribution in [3.05, 3.63) is 52.5 Å². The Morgan fingerprint density at radius 3 is 2.37 bits per heavy atom. The van der Waals surface area contributed by atoms with Gasteiger partial charge in [0.25, 0.3) is 5.91 Å². The van der Waals surface area contributed by atoms with Crippen LogP contribution < -0.4 is 19.9 Å². The highest BCUT2D eigenvalue weighted by molar-refractivity contribution is 6.39. The second-order valence-electron chi connectivity index (χ2n) is 6.62. The molecule has 1 aliphatic rings. The number of anilines is 2. The minimum Gasteiger partial charge on any atom is -0.495 e. The van der Waals surface area contributed by atoms with Crippen molar-refractivity contribution in [2.75, 3.05) is 43.5 Å². The molecular formula is C20H24Cl2N3O2+. The van der Waals surface area contributed by atoms with Gasteiger partial charge in [-0.15, -0.1) is 0 Å². The third-order valence-electron chi connectivity index (χ3n) is 5.05. The number of carbonyl (C=O) groups is 1. The molecule has 0 radical (unpaired) electrons. The van der Waals surface area contributed by atoms with Gasteiger partial charge in [-0.2, -0.15) is 0 Å². The predicted octanol–water partition coefficient (Wildman–Crippen LogP) is 2.73. The number of quaternary nitrogens is 1. The van der Waals surface area contributed by atoms with E-state index in [1.165, 1.54) is 4.90 Å². The fraction of sp³-hybridized carbons (Fsp3) is 0.350. The SMILES string of the molecule is COc1ccccc1N1CC[NH+]([C@H](C)C(=O)Nc2c(Cl)cccc2Cl)CC1. The number of para-hydroxylation sites is 3. The first-order valence-electron chi connectivity index (χ1n) is 8.98. The summed E-state index contributed by atoms with van der Waals surface area (Å²) in [6, 6.07) is 13.0. The molecular weight excluding hydrogens is 385 g/mol. The van der Waals surface area contributed by atoms with Crippen molar-refractivity contribution in [2.24, 2.45) is 0 Å². The second-order valence-corrected chi connectivity index (χ2v) is 7.44. The number of nitrogens with one attached hydrogen (secondary N) is 2. The maximum absolute atomic E-state index is 12.7. The standard InChI is InChI=1S/C20H23Cl2N3O2/c1-14(20(26)23-19-15(21)6-5-7-16(19)22)24-10-12-25(13-11-24)17-8-3-4-9-18(17)27-2/h3-9,14H,10-13H2,1-2H3,(H,23,26)/p+1/t14-/m1/s1. The normalized spacial score (nSPS) is 16.1. The van der Waals surface area contributed by atoms with E-state index in [2.05, 4.69) is 16.3 Å². The zero-order valence-electron chi connectivity index (χ0n) is 15.5. The van der Waals surface area contributed by atoms with Gasteiger partial charge in [0.2, 0.25) is 0 Å². The molecule has 1 amide bonds. The molecule has 2 aromatic carbocycles. The Kier molecular flexibility index (Phi) is 6.47. The number of rotatable bonds is 5. The molecule has 1 saturated heterocycles. The lowest BCUT2D eigenvalue weighted by molar-refractivity contribution is -0.914. The monoisotopic (exact) mass is 408 g/mol. The molecule has 0 aliphatic carbocycles. The zero-order valence-corrected chi connectivity index (χ0v) is 17.0. The van der Waals surface area contributed by atoms with Crippen molar-refractivity contribution in [1.82, 2.24) is 0 Å². The van der Waals surface area contributed by atoms with E-state index in [0.29, 0.717) is 15.7 Å². The van der Waals surface area contributed by atoms with Crippen LogP contribution in [-0.4, -0.2) is 45.2 Å². The number of methoxy groups -OCH3 is 1. The lowest BCUT2D eigenvalue weighted by atomic mass is 10.2. The summed E-state index contributed by atoms with van der Waals surface area (Å²) in [5.41, 5.74) is 1.57. The number of carbonyl (C=O) groups excluding carboxylic acids is 1. The van der Waals surface area contributed by atoms with Gasteiger partial charge >= 0.3 is 0 Å². The van der Waals surface area contributed by atoms with Gasteiger partial charge in [-0.25, -0.2) is 0 Å². The zero-order chi connectivity index (χ0) is 19.4. The highest BCUT2D eigenvalue weighted by atomic mass is 35.5. The largest absolute Gasteiger partial charge is 0.495 e. The van der Waals surface area contributed by atoms with Crippen LogP contribution in [0, 0.1) is 0 Å². The molecule has 2 aromatic rings. The smallest absolute Gasteiger partial charge is 0.282 e. The van der Waals surface area contributed by atoms with Crippen LogP contribution in [0.3, 0.4) is 0 Å². The molecule has 0 saturated carbocycles. The number of nitrogens with zero attached hydrogens (tertiary/aromatic N) is 1. The number of benzene rings is 2. The quantitative estimate of drug-likeness (QED) is 0.799. The van der Waals surface area contributed by atoms with Crippen molar-refractivity contribution in [3.63, 3.8) is 0 Å². The Labute approximate surface area is 169 Å². The summed E-state index contributed by atoms with van der Waals surface area (Å²) in [5, 5.41) is 3.77. The highest BCUT2D eigenvalue weighted by Crippen LogP contribution is 2.30. The number of piperazine rings is 1. The minimum absolute atomic E-state index is 0.0780. The van der Waals surface area contributed by atoms with Crippen LogP contribution in [0.1, 0.15) is 6.92 Å². The van der Waals surface area contributed by atoms with Crippen molar-refractivity contribution in [3.8, 4) is 5.75 Å². The maximum Gasteiger partial charge on any atom is 0.282 e. The molecule has 1 fully saturated rings. The van der Waals surface area contributed by atoms with Crippen LogP contribution in [-0.2, 0) is 4.79 Å². The first-order chi connectivity index (χ1) is 13.0. The third kappa shape index (κ3) is 4.49. The molecule has 2 N–H and O–H groups in total. The minimum atomic E-state index is -0.197. The van der Waals surface area contributed by atoms with Crippen LogP contribution in [0.5, 0.6) is 5.75 Å². The summed E-state index contributed by atoms with van der Waals surface area (Å²) >= 11 is 12.3. The molecule has 7 heteroatoms. The summed E-state index contributed by atoms with van der Waals surface area (Å²) in [5.74, 6) is 0.797. The lowest BCUT2D eigenvalue weighted by Crippen LogP contribution is -3.19. The van der Waals surface area contributed by atoms with Crippen LogP contribution in [0.2, 0.25) is 10.0 Å². The first kappa shape index (κ1) is 19.8. The van der Waals surface area contributed by atoms with Gasteiger partial charge in [0.15, 0.2) is 6.04 Å². The van der Waals surface area contributed by atoms with Crippen LogP contribution in [0.25, 0.3) is 0 Å². The van der Waals surface area contributed by atoms with E-state index in [-0.39, 0.29) is 11.9 Å². The average molecular weight is 409 g/mol. The van der Waals surface area contributed by atoms with Gasteiger partial charge in [-0.05, 0) is 31.2 Å². The molecule has 27 heavy (non-hydrogen) atoms.